The Balaban J connectivity index is 1.68. The molecule has 0 aliphatic heterocycles. The molecule has 1 amide bonds. The van der Waals surface area contributed by atoms with Crippen LogP contribution in [0.15, 0.2) is 47.7 Å². The molecule has 0 bridgehead atoms. The molecule has 2 aliphatic rings. The highest BCUT2D eigenvalue weighted by Crippen LogP contribution is 2.54. The summed E-state index contributed by atoms with van der Waals surface area (Å²) in [7, 11) is 0. The van der Waals surface area contributed by atoms with Gasteiger partial charge in [0.15, 0.2) is 0 Å². The fourth-order valence-electron chi connectivity index (χ4n) is 4.42. The van der Waals surface area contributed by atoms with Gasteiger partial charge < -0.3 is 10.6 Å². The fourth-order valence-corrected chi connectivity index (χ4v) is 4.42. The summed E-state index contributed by atoms with van der Waals surface area (Å²) in [5.74, 6) is 0.432. The second kappa shape index (κ2) is 7.65. The van der Waals surface area contributed by atoms with Crippen molar-refractivity contribution < 1.29 is 9.18 Å². The summed E-state index contributed by atoms with van der Waals surface area (Å²) >= 11 is 0. The molecule has 3 nitrogen and oxygen atoms in total. The van der Waals surface area contributed by atoms with E-state index in [1.165, 1.54) is 24.1 Å². The van der Waals surface area contributed by atoms with Crippen molar-refractivity contribution >= 4 is 11.6 Å². The van der Waals surface area contributed by atoms with Gasteiger partial charge in [-0.3, -0.25) is 4.79 Å². The van der Waals surface area contributed by atoms with Gasteiger partial charge in [-0.2, -0.15) is 0 Å². The molecule has 2 N–H and O–H groups in total. The normalized spacial score (nSPS) is 25.8. The van der Waals surface area contributed by atoms with Crippen LogP contribution in [0.25, 0.3) is 0 Å². The predicted octanol–water partition coefficient (Wildman–Crippen LogP) is 5.17. The van der Waals surface area contributed by atoms with Crippen molar-refractivity contribution in [2.75, 3.05) is 5.32 Å². The van der Waals surface area contributed by atoms with Crippen LogP contribution >= 0.6 is 0 Å². The van der Waals surface area contributed by atoms with E-state index in [0.717, 1.165) is 37.1 Å². The lowest BCUT2D eigenvalue weighted by atomic mass is 9.70. The minimum absolute atomic E-state index is 0.0603. The largest absolute Gasteiger partial charge is 0.356 e. The number of hydrogen-bond acceptors (Lipinski definition) is 2. The maximum Gasteiger partial charge on any atom is 0.217 e. The zero-order chi connectivity index (χ0) is 18.7. The number of hydrogen-bond donors (Lipinski definition) is 2. The van der Waals surface area contributed by atoms with Crippen LogP contribution in [0.3, 0.4) is 0 Å². The van der Waals surface area contributed by atoms with E-state index < -0.39 is 0 Å². The molecule has 140 valence electrons. The highest BCUT2D eigenvalue weighted by atomic mass is 19.1. The fraction of sp³-hybridized carbons (Fsp3) is 0.500. The number of carbonyl (C=O) groups excluding carboxylic acids is 1. The number of fused-ring (bicyclic) bond motifs is 1. The number of allylic oxidation sites excluding steroid dienone is 3. The summed E-state index contributed by atoms with van der Waals surface area (Å²) in [6, 6.07) is 6.73. The molecule has 0 saturated heterocycles. The first-order valence-corrected chi connectivity index (χ1v) is 9.61. The molecule has 3 rings (SSSR count). The molecular weight excluding hydrogens is 327 g/mol. The van der Waals surface area contributed by atoms with Gasteiger partial charge in [0.2, 0.25) is 5.91 Å². The first-order chi connectivity index (χ1) is 12.4. The summed E-state index contributed by atoms with van der Waals surface area (Å²) in [4.78, 5) is 11.4. The van der Waals surface area contributed by atoms with E-state index in [4.69, 9.17) is 0 Å². The highest BCUT2D eigenvalue weighted by molar-refractivity contribution is 5.73. The number of nitrogens with one attached hydrogen (secondary N) is 2. The van der Waals surface area contributed by atoms with Crippen LogP contribution < -0.4 is 10.6 Å². The Kier molecular flexibility index (Phi) is 5.49. The molecule has 26 heavy (non-hydrogen) atoms. The van der Waals surface area contributed by atoms with Gasteiger partial charge in [-0.05, 0) is 73.8 Å². The molecule has 2 aliphatic carbocycles. The quantitative estimate of drug-likeness (QED) is 0.738. The van der Waals surface area contributed by atoms with E-state index in [-0.39, 0.29) is 23.2 Å². The highest BCUT2D eigenvalue weighted by Gasteiger charge is 2.43. The Labute approximate surface area is 155 Å². The van der Waals surface area contributed by atoms with E-state index in [9.17, 15) is 9.18 Å². The van der Waals surface area contributed by atoms with Gasteiger partial charge in [-0.1, -0.05) is 25.5 Å². The van der Waals surface area contributed by atoms with Gasteiger partial charge in [0, 0.05) is 24.4 Å². The second-order valence-electron chi connectivity index (χ2n) is 7.86. The Morgan fingerprint density at radius 2 is 2.08 bits per heavy atom. The molecule has 0 aromatic heterocycles. The zero-order valence-corrected chi connectivity index (χ0v) is 15.9. The van der Waals surface area contributed by atoms with Gasteiger partial charge in [0.25, 0.3) is 0 Å². The number of anilines is 1. The van der Waals surface area contributed by atoms with Crippen LogP contribution in [0.5, 0.6) is 0 Å². The Morgan fingerprint density at radius 1 is 1.35 bits per heavy atom. The lowest BCUT2D eigenvalue weighted by Crippen LogP contribution is -2.37. The first-order valence-electron chi connectivity index (χ1n) is 9.61. The van der Waals surface area contributed by atoms with E-state index in [0.29, 0.717) is 5.92 Å². The van der Waals surface area contributed by atoms with Gasteiger partial charge in [-0.15, -0.1) is 0 Å². The SMILES string of the molecule is CCC(C[C@H]1CCC2=CC(Nc3ccc(F)cc3)=CC[C@@]21C)NC(C)=O. The third-order valence-electron chi connectivity index (χ3n) is 6.07. The molecule has 1 aromatic rings. The molecule has 1 unspecified atom stereocenters. The predicted molar refractivity (Wildman–Crippen MR) is 104 cm³/mol. The Hall–Kier alpha value is -2.10. The van der Waals surface area contributed by atoms with Gasteiger partial charge in [0.1, 0.15) is 5.82 Å². The van der Waals surface area contributed by atoms with Crippen molar-refractivity contribution in [2.24, 2.45) is 11.3 Å². The van der Waals surface area contributed by atoms with Crippen molar-refractivity contribution in [1.29, 1.82) is 0 Å². The number of benzene rings is 1. The maximum atomic E-state index is 13.1. The number of carbonyl (C=O) groups is 1. The molecule has 0 spiro atoms. The monoisotopic (exact) mass is 356 g/mol. The zero-order valence-electron chi connectivity index (χ0n) is 15.9. The number of amides is 1. The van der Waals surface area contributed by atoms with Crippen molar-refractivity contribution in [1.82, 2.24) is 5.32 Å². The molecular formula is C22H29FN2O. The molecule has 3 atom stereocenters. The van der Waals surface area contributed by atoms with E-state index in [1.807, 2.05) is 0 Å². The van der Waals surface area contributed by atoms with Crippen LogP contribution in [-0.2, 0) is 4.79 Å². The van der Waals surface area contributed by atoms with Crippen LogP contribution in [-0.4, -0.2) is 11.9 Å². The maximum absolute atomic E-state index is 13.1. The number of halogens is 1. The first kappa shape index (κ1) is 18.7. The van der Waals surface area contributed by atoms with Gasteiger partial charge >= 0.3 is 0 Å². The molecule has 1 fully saturated rings. The summed E-state index contributed by atoms with van der Waals surface area (Å²) in [5.41, 5.74) is 3.68. The number of rotatable bonds is 6. The van der Waals surface area contributed by atoms with Gasteiger partial charge in [-0.25, -0.2) is 4.39 Å². The third kappa shape index (κ3) is 4.00. The summed E-state index contributed by atoms with van der Waals surface area (Å²) in [5, 5.41) is 6.49. The van der Waals surface area contributed by atoms with Crippen LogP contribution in [0.4, 0.5) is 10.1 Å². The molecule has 1 saturated carbocycles. The van der Waals surface area contributed by atoms with Gasteiger partial charge in [0.05, 0.1) is 0 Å². The van der Waals surface area contributed by atoms with E-state index in [1.54, 1.807) is 19.1 Å². The Morgan fingerprint density at radius 3 is 2.73 bits per heavy atom. The van der Waals surface area contributed by atoms with Crippen molar-refractivity contribution in [2.45, 2.75) is 58.9 Å². The van der Waals surface area contributed by atoms with Crippen LogP contribution in [0, 0.1) is 17.2 Å². The molecule has 0 heterocycles. The second-order valence-corrected chi connectivity index (χ2v) is 7.86. The lowest BCUT2D eigenvalue weighted by Gasteiger charge is -2.37. The standard InChI is InChI=1S/C22H29FN2O/c1-4-19(24-15(2)26)13-16-5-6-17-14-21(11-12-22(16,17)3)25-20-9-7-18(23)8-10-20/h7-11,14,16,19,25H,4-6,12-13H2,1-3H3,(H,24,26)/t16-,19?,22-/m1/s1. The summed E-state index contributed by atoms with van der Waals surface area (Å²) in [6.45, 7) is 6.10. The average molecular weight is 356 g/mol. The third-order valence-corrected chi connectivity index (χ3v) is 6.07. The van der Waals surface area contributed by atoms with Crippen molar-refractivity contribution in [3.8, 4) is 0 Å². The van der Waals surface area contributed by atoms with E-state index >= 15 is 0 Å². The summed E-state index contributed by atoms with van der Waals surface area (Å²) in [6.07, 6.45) is 9.83. The topological polar surface area (TPSA) is 41.1 Å². The Bertz CT molecular complexity index is 722. The molecule has 1 aromatic carbocycles. The average Bonchev–Trinajstić information content (AvgIpc) is 2.92. The molecule has 4 heteroatoms. The summed E-state index contributed by atoms with van der Waals surface area (Å²) < 4.78 is 13.1. The van der Waals surface area contributed by atoms with Crippen LogP contribution in [0.2, 0.25) is 0 Å². The van der Waals surface area contributed by atoms with Crippen LogP contribution in [0.1, 0.15) is 52.9 Å². The van der Waals surface area contributed by atoms with E-state index in [2.05, 4.69) is 36.6 Å². The molecule has 0 radical (unpaired) electrons. The minimum Gasteiger partial charge on any atom is -0.356 e. The van der Waals surface area contributed by atoms with Crippen molar-refractivity contribution in [3.05, 3.63) is 53.5 Å². The van der Waals surface area contributed by atoms with Crippen molar-refractivity contribution in [3.63, 3.8) is 0 Å². The lowest BCUT2D eigenvalue weighted by molar-refractivity contribution is -0.119. The minimum atomic E-state index is -0.220. The smallest absolute Gasteiger partial charge is 0.217 e.